The second-order valence-electron chi connectivity index (χ2n) is 4.37. The molecule has 1 unspecified atom stereocenters. The number of nitrogens with one attached hydrogen (secondary N) is 1. The van der Waals surface area contributed by atoms with Gasteiger partial charge < -0.3 is 10.4 Å². The van der Waals surface area contributed by atoms with E-state index in [1.54, 1.807) is 0 Å². The monoisotopic (exact) mass is 205 g/mol. The van der Waals surface area contributed by atoms with Gasteiger partial charge in [-0.25, -0.2) is 0 Å². The van der Waals surface area contributed by atoms with Crippen LogP contribution in [0.15, 0.2) is 24.3 Å². The molecule has 0 aromatic heterocycles. The van der Waals surface area contributed by atoms with Crippen molar-refractivity contribution in [2.45, 2.75) is 31.8 Å². The van der Waals surface area contributed by atoms with Crippen molar-refractivity contribution in [2.75, 3.05) is 13.1 Å². The maximum atomic E-state index is 10.5. The molecule has 0 radical (unpaired) electrons. The van der Waals surface area contributed by atoms with Crippen LogP contribution in [0.25, 0.3) is 0 Å². The number of hydrogen-bond donors (Lipinski definition) is 2. The summed E-state index contributed by atoms with van der Waals surface area (Å²) in [7, 11) is 0. The Kier molecular flexibility index (Phi) is 3.08. The second kappa shape index (κ2) is 4.33. The van der Waals surface area contributed by atoms with E-state index in [0.29, 0.717) is 6.54 Å². The Hall–Kier alpha value is -0.860. The lowest BCUT2D eigenvalue weighted by atomic mass is 9.86. The number of aliphatic hydroxyl groups is 1. The summed E-state index contributed by atoms with van der Waals surface area (Å²) in [5, 5.41) is 13.8. The van der Waals surface area contributed by atoms with Gasteiger partial charge >= 0.3 is 0 Å². The highest BCUT2D eigenvalue weighted by atomic mass is 16.3. The average molecular weight is 205 g/mol. The van der Waals surface area contributed by atoms with E-state index in [9.17, 15) is 5.11 Å². The van der Waals surface area contributed by atoms with Crippen molar-refractivity contribution >= 4 is 0 Å². The fraction of sp³-hybridized carbons (Fsp3) is 0.538. The highest BCUT2D eigenvalue weighted by molar-refractivity contribution is 5.29. The van der Waals surface area contributed by atoms with Crippen molar-refractivity contribution in [2.24, 2.45) is 0 Å². The molecule has 0 saturated carbocycles. The van der Waals surface area contributed by atoms with Crippen molar-refractivity contribution in [3.63, 3.8) is 0 Å². The van der Waals surface area contributed by atoms with Crippen LogP contribution in [-0.2, 0) is 12.0 Å². The molecule has 1 aliphatic heterocycles. The first-order valence-electron chi connectivity index (χ1n) is 5.77. The topological polar surface area (TPSA) is 32.3 Å². The van der Waals surface area contributed by atoms with Gasteiger partial charge in [-0.2, -0.15) is 0 Å². The van der Waals surface area contributed by atoms with Gasteiger partial charge in [0.2, 0.25) is 0 Å². The molecule has 2 rings (SSSR count). The largest absolute Gasteiger partial charge is 0.384 e. The van der Waals surface area contributed by atoms with Crippen LogP contribution in [0.3, 0.4) is 0 Å². The Morgan fingerprint density at radius 3 is 3.00 bits per heavy atom. The quantitative estimate of drug-likeness (QED) is 0.772. The first-order chi connectivity index (χ1) is 7.24. The third-order valence-corrected chi connectivity index (χ3v) is 3.23. The zero-order valence-electron chi connectivity index (χ0n) is 9.29. The maximum absolute atomic E-state index is 10.5. The molecule has 2 N–H and O–H groups in total. The number of hydrogen-bond acceptors (Lipinski definition) is 2. The van der Waals surface area contributed by atoms with Gasteiger partial charge in [-0.15, -0.1) is 0 Å². The molecule has 1 fully saturated rings. The second-order valence-corrected chi connectivity index (χ2v) is 4.37. The summed E-state index contributed by atoms with van der Waals surface area (Å²) in [6.07, 6.45) is 2.94. The molecule has 0 amide bonds. The first-order valence-corrected chi connectivity index (χ1v) is 5.77. The van der Waals surface area contributed by atoms with Crippen LogP contribution in [0.1, 0.15) is 30.9 Å². The van der Waals surface area contributed by atoms with Crippen LogP contribution in [0.2, 0.25) is 0 Å². The van der Waals surface area contributed by atoms with Gasteiger partial charge in [-0.1, -0.05) is 31.2 Å². The van der Waals surface area contributed by atoms with Crippen LogP contribution in [0.5, 0.6) is 0 Å². The number of β-amino-alcohol motifs (C(OH)–C–C–N with tert-alkyl or cyclic N) is 1. The van der Waals surface area contributed by atoms with Gasteiger partial charge in [0.05, 0.1) is 0 Å². The molecule has 1 atom stereocenters. The normalized spacial score (nSPS) is 26.5. The predicted molar refractivity (Wildman–Crippen MR) is 61.8 cm³/mol. The number of benzene rings is 1. The minimum atomic E-state index is -0.649. The molecule has 2 heteroatoms. The lowest BCUT2D eigenvalue weighted by molar-refractivity contribution is 0.0122. The minimum Gasteiger partial charge on any atom is -0.384 e. The summed E-state index contributed by atoms with van der Waals surface area (Å²) >= 11 is 0. The fourth-order valence-electron chi connectivity index (χ4n) is 2.22. The Morgan fingerprint density at radius 2 is 2.33 bits per heavy atom. The molecule has 15 heavy (non-hydrogen) atoms. The standard InChI is InChI=1S/C13H19NO/c1-2-11-5-3-6-12(9-11)13(15)7-4-8-14-10-13/h3,5-6,9,14-15H,2,4,7-8,10H2,1H3. The van der Waals surface area contributed by atoms with Gasteiger partial charge in [0.25, 0.3) is 0 Å². The molecule has 0 spiro atoms. The Bertz CT molecular complexity index is 329. The molecular formula is C13H19NO. The first kappa shape index (κ1) is 10.7. The van der Waals surface area contributed by atoms with E-state index in [0.717, 1.165) is 31.4 Å². The van der Waals surface area contributed by atoms with Crippen LogP contribution >= 0.6 is 0 Å². The summed E-state index contributed by atoms with van der Waals surface area (Å²) in [6.45, 7) is 3.85. The highest BCUT2D eigenvalue weighted by Crippen LogP contribution is 2.28. The van der Waals surface area contributed by atoms with Crippen molar-refractivity contribution in [3.05, 3.63) is 35.4 Å². The molecule has 1 aliphatic rings. The van der Waals surface area contributed by atoms with Gasteiger partial charge in [-0.3, -0.25) is 0 Å². The highest BCUT2D eigenvalue weighted by Gasteiger charge is 2.30. The van der Waals surface area contributed by atoms with E-state index < -0.39 is 5.60 Å². The van der Waals surface area contributed by atoms with Crippen LogP contribution in [0, 0.1) is 0 Å². The van der Waals surface area contributed by atoms with Crippen molar-refractivity contribution in [1.29, 1.82) is 0 Å². The van der Waals surface area contributed by atoms with E-state index in [4.69, 9.17) is 0 Å². The van der Waals surface area contributed by atoms with Crippen LogP contribution in [-0.4, -0.2) is 18.2 Å². The zero-order valence-corrected chi connectivity index (χ0v) is 9.29. The van der Waals surface area contributed by atoms with E-state index >= 15 is 0 Å². The van der Waals surface area contributed by atoms with Gasteiger partial charge in [-0.05, 0) is 36.9 Å². The predicted octanol–water partition coefficient (Wildman–Crippen LogP) is 1.82. The molecule has 1 aromatic carbocycles. The SMILES string of the molecule is CCc1cccc(C2(O)CCCNC2)c1. The van der Waals surface area contributed by atoms with Crippen LogP contribution in [0.4, 0.5) is 0 Å². The lowest BCUT2D eigenvalue weighted by Crippen LogP contribution is -2.43. The third kappa shape index (κ3) is 2.21. The van der Waals surface area contributed by atoms with Crippen LogP contribution < -0.4 is 5.32 Å². The third-order valence-electron chi connectivity index (χ3n) is 3.23. The van der Waals surface area contributed by atoms with Crippen molar-refractivity contribution in [1.82, 2.24) is 5.32 Å². The molecule has 0 bridgehead atoms. The zero-order chi connectivity index (χ0) is 10.7. The van der Waals surface area contributed by atoms with Gasteiger partial charge in [0.15, 0.2) is 0 Å². The summed E-state index contributed by atoms with van der Waals surface area (Å²) in [6, 6.07) is 8.32. The molecule has 0 aliphatic carbocycles. The fourth-order valence-corrected chi connectivity index (χ4v) is 2.22. The molecular weight excluding hydrogens is 186 g/mol. The van der Waals surface area contributed by atoms with Gasteiger partial charge in [0, 0.05) is 6.54 Å². The number of rotatable bonds is 2. The Balaban J connectivity index is 2.26. The van der Waals surface area contributed by atoms with Gasteiger partial charge in [0.1, 0.15) is 5.60 Å². The van der Waals surface area contributed by atoms with E-state index in [-0.39, 0.29) is 0 Å². The molecule has 1 aromatic rings. The van der Waals surface area contributed by atoms with E-state index in [1.165, 1.54) is 5.56 Å². The molecule has 1 saturated heterocycles. The summed E-state index contributed by atoms with van der Waals surface area (Å²) in [5.41, 5.74) is 1.71. The van der Waals surface area contributed by atoms with Crippen molar-refractivity contribution in [3.8, 4) is 0 Å². The number of piperidine rings is 1. The lowest BCUT2D eigenvalue weighted by Gasteiger charge is -2.33. The summed E-state index contributed by atoms with van der Waals surface area (Å²) in [4.78, 5) is 0. The summed E-state index contributed by atoms with van der Waals surface area (Å²) < 4.78 is 0. The smallest absolute Gasteiger partial charge is 0.102 e. The average Bonchev–Trinajstić information content (AvgIpc) is 2.30. The minimum absolute atomic E-state index is 0.649. The summed E-state index contributed by atoms with van der Waals surface area (Å²) in [5.74, 6) is 0. The Labute approximate surface area is 91.3 Å². The molecule has 82 valence electrons. The molecule has 2 nitrogen and oxygen atoms in total. The van der Waals surface area contributed by atoms with Crippen molar-refractivity contribution < 1.29 is 5.11 Å². The Morgan fingerprint density at radius 1 is 1.47 bits per heavy atom. The number of aryl methyl sites for hydroxylation is 1. The maximum Gasteiger partial charge on any atom is 0.102 e. The molecule has 1 heterocycles. The van der Waals surface area contributed by atoms with E-state index in [1.807, 2.05) is 12.1 Å². The van der Waals surface area contributed by atoms with E-state index in [2.05, 4.69) is 24.4 Å².